The van der Waals surface area contributed by atoms with E-state index in [4.69, 9.17) is 5.84 Å². The van der Waals surface area contributed by atoms with E-state index in [-0.39, 0.29) is 5.69 Å². The predicted octanol–water partition coefficient (Wildman–Crippen LogP) is 2.67. The summed E-state index contributed by atoms with van der Waals surface area (Å²) in [5.41, 5.74) is 4.35. The second-order valence-corrected chi connectivity index (χ2v) is 4.13. The lowest BCUT2D eigenvalue weighted by Crippen LogP contribution is -2.18. The molecule has 0 bridgehead atoms. The fourth-order valence-corrected chi connectivity index (χ4v) is 1.72. The Kier molecular flexibility index (Phi) is 3.77. The van der Waals surface area contributed by atoms with Crippen LogP contribution in [0.4, 0.5) is 15.8 Å². The number of hydrogen-bond acceptors (Lipinski definition) is 3. The first-order valence-electron chi connectivity index (χ1n) is 5.75. The number of carbonyl (C=O) groups is 1. The number of hydrazine groups is 1. The van der Waals surface area contributed by atoms with Gasteiger partial charge in [0.2, 0.25) is 0 Å². The first kappa shape index (κ1) is 13.0. The Morgan fingerprint density at radius 3 is 2.58 bits per heavy atom. The van der Waals surface area contributed by atoms with Gasteiger partial charge in [-0.15, -0.1) is 0 Å². The molecule has 0 saturated heterocycles. The van der Waals surface area contributed by atoms with Crippen LogP contribution in [0.1, 0.15) is 15.9 Å². The molecule has 2 aromatic rings. The van der Waals surface area contributed by atoms with Gasteiger partial charge in [-0.25, -0.2) is 4.39 Å². The minimum absolute atomic E-state index is 0.136. The summed E-state index contributed by atoms with van der Waals surface area (Å²) < 4.78 is 13.5. The monoisotopic (exact) mass is 259 g/mol. The molecule has 0 radical (unpaired) electrons. The summed E-state index contributed by atoms with van der Waals surface area (Å²) >= 11 is 0. The lowest BCUT2D eigenvalue weighted by molar-refractivity contribution is 0.102. The van der Waals surface area contributed by atoms with Crippen LogP contribution in [0.25, 0.3) is 0 Å². The maximum Gasteiger partial charge on any atom is 0.257 e. The molecule has 98 valence electrons. The van der Waals surface area contributed by atoms with E-state index in [2.05, 4.69) is 10.7 Å². The molecule has 1 amide bonds. The van der Waals surface area contributed by atoms with Gasteiger partial charge in [0, 0.05) is 0 Å². The van der Waals surface area contributed by atoms with Crippen molar-refractivity contribution in [1.82, 2.24) is 0 Å². The molecule has 0 aromatic heterocycles. The van der Waals surface area contributed by atoms with Crippen LogP contribution in [0, 0.1) is 12.7 Å². The number of aryl methyl sites for hydroxylation is 1. The first-order chi connectivity index (χ1) is 9.11. The summed E-state index contributed by atoms with van der Waals surface area (Å²) in [6.07, 6.45) is 0. The number of para-hydroxylation sites is 1. The van der Waals surface area contributed by atoms with E-state index >= 15 is 0 Å². The molecule has 4 N–H and O–H groups in total. The molecule has 4 nitrogen and oxygen atoms in total. The molecule has 5 heteroatoms. The molecule has 0 saturated carbocycles. The Hall–Kier alpha value is -2.40. The molecule has 19 heavy (non-hydrogen) atoms. The van der Waals surface area contributed by atoms with Gasteiger partial charge in [-0.05, 0) is 31.2 Å². The zero-order valence-electron chi connectivity index (χ0n) is 10.4. The van der Waals surface area contributed by atoms with Crippen molar-refractivity contribution in [3.05, 3.63) is 59.4 Å². The molecule has 0 unspecified atom stereocenters. The van der Waals surface area contributed by atoms with E-state index in [0.717, 1.165) is 5.56 Å². The number of rotatable bonds is 3. The van der Waals surface area contributed by atoms with Crippen molar-refractivity contribution in [3.63, 3.8) is 0 Å². The molecule has 0 aliphatic heterocycles. The van der Waals surface area contributed by atoms with Crippen LogP contribution in [0.3, 0.4) is 0 Å². The van der Waals surface area contributed by atoms with E-state index in [1.54, 1.807) is 24.3 Å². The van der Waals surface area contributed by atoms with Gasteiger partial charge in [-0.1, -0.05) is 23.8 Å². The van der Waals surface area contributed by atoms with Crippen LogP contribution in [-0.4, -0.2) is 5.91 Å². The van der Waals surface area contributed by atoms with Gasteiger partial charge in [0.05, 0.1) is 16.9 Å². The second kappa shape index (κ2) is 5.49. The molecule has 2 aromatic carbocycles. The fraction of sp³-hybridized carbons (Fsp3) is 0.0714. The molecule has 0 heterocycles. The number of anilines is 2. The highest BCUT2D eigenvalue weighted by molar-refractivity contribution is 6.08. The molecule has 0 fully saturated rings. The number of halogens is 1. The third-order valence-electron chi connectivity index (χ3n) is 2.70. The average Bonchev–Trinajstić information content (AvgIpc) is 2.41. The number of amides is 1. The van der Waals surface area contributed by atoms with Crippen LogP contribution >= 0.6 is 0 Å². The maximum atomic E-state index is 13.5. The largest absolute Gasteiger partial charge is 0.323 e. The Morgan fingerprint density at radius 1 is 1.16 bits per heavy atom. The summed E-state index contributed by atoms with van der Waals surface area (Å²) in [6.45, 7) is 1.86. The van der Waals surface area contributed by atoms with Gasteiger partial charge < -0.3 is 10.7 Å². The Morgan fingerprint density at radius 2 is 1.89 bits per heavy atom. The number of nitrogen functional groups attached to an aromatic ring is 1. The Labute approximate surface area is 110 Å². The van der Waals surface area contributed by atoms with Crippen molar-refractivity contribution < 1.29 is 9.18 Å². The molecular formula is C14H14FN3O. The highest BCUT2D eigenvalue weighted by atomic mass is 19.1. The Balaban J connectivity index is 2.30. The quantitative estimate of drug-likeness (QED) is 0.586. The van der Waals surface area contributed by atoms with Crippen LogP contribution < -0.4 is 16.6 Å². The second-order valence-electron chi connectivity index (χ2n) is 4.13. The lowest BCUT2D eigenvalue weighted by atomic mass is 10.1. The van der Waals surface area contributed by atoms with E-state index in [9.17, 15) is 9.18 Å². The molecular weight excluding hydrogens is 245 g/mol. The van der Waals surface area contributed by atoms with E-state index < -0.39 is 11.7 Å². The minimum atomic E-state index is -0.481. The van der Waals surface area contributed by atoms with E-state index in [1.165, 1.54) is 12.1 Å². The van der Waals surface area contributed by atoms with E-state index in [1.807, 2.05) is 13.0 Å². The number of carbonyl (C=O) groups excluding carboxylic acids is 1. The molecule has 0 atom stereocenters. The topological polar surface area (TPSA) is 67.1 Å². The van der Waals surface area contributed by atoms with Crippen molar-refractivity contribution in [1.29, 1.82) is 0 Å². The smallest absolute Gasteiger partial charge is 0.257 e. The normalized spacial score (nSPS) is 10.1. The van der Waals surface area contributed by atoms with Gasteiger partial charge in [-0.3, -0.25) is 10.6 Å². The zero-order valence-corrected chi connectivity index (χ0v) is 10.4. The van der Waals surface area contributed by atoms with Gasteiger partial charge >= 0.3 is 0 Å². The van der Waals surface area contributed by atoms with Gasteiger partial charge in [0.25, 0.3) is 5.91 Å². The number of hydrogen-bond donors (Lipinski definition) is 3. The fourth-order valence-electron chi connectivity index (χ4n) is 1.72. The molecule has 2 rings (SSSR count). The minimum Gasteiger partial charge on any atom is -0.323 e. The van der Waals surface area contributed by atoms with Crippen LogP contribution in [0.2, 0.25) is 0 Å². The van der Waals surface area contributed by atoms with Crippen LogP contribution in [-0.2, 0) is 0 Å². The van der Waals surface area contributed by atoms with Crippen molar-refractivity contribution >= 4 is 17.3 Å². The number of nitrogens with two attached hydrogens (primary N) is 1. The number of benzene rings is 2. The maximum absolute atomic E-state index is 13.5. The highest BCUT2D eigenvalue weighted by Gasteiger charge is 2.13. The van der Waals surface area contributed by atoms with Crippen molar-refractivity contribution in [3.8, 4) is 0 Å². The van der Waals surface area contributed by atoms with E-state index in [0.29, 0.717) is 11.3 Å². The molecule has 0 spiro atoms. The van der Waals surface area contributed by atoms with Gasteiger partial charge in [0.15, 0.2) is 0 Å². The van der Waals surface area contributed by atoms with Crippen LogP contribution in [0.15, 0.2) is 42.5 Å². The molecule has 0 aliphatic rings. The SMILES string of the molecule is Cc1ccc(NN)c(C(=O)Nc2ccccc2F)c1. The third kappa shape index (κ3) is 2.89. The number of nitrogens with one attached hydrogen (secondary N) is 2. The van der Waals surface area contributed by atoms with Crippen molar-refractivity contribution in [2.24, 2.45) is 5.84 Å². The summed E-state index contributed by atoms with van der Waals surface area (Å²) in [6, 6.07) is 11.2. The average molecular weight is 259 g/mol. The highest BCUT2D eigenvalue weighted by Crippen LogP contribution is 2.19. The summed E-state index contributed by atoms with van der Waals surface area (Å²) in [5, 5.41) is 2.52. The Bertz CT molecular complexity index is 613. The summed E-state index contributed by atoms with van der Waals surface area (Å²) in [4.78, 5) is 12.1. The van der Waals surface area contributed by atoms with Crippen LogP contribution in [0.5, 0.6) is 0 Å². The predicted molar refractivity (Wildman–Crippen MR) is 73.3 cm³/mol. The standard InChI is InChI=1S/C14H14FN3O/c1-9-6-7-12(18-16)10(8-9)14(19)17-13-5-3-2-4-11(13)15/h2-8,18H,16H2,1H3,(H,17,19). The van der Waals surface area contributed by atoms with Gasteiger partial charge in [0.1, 0.15) is 5.82 Å². The summed E-state index contributed by atoms with van der Waals surface area (Å²) in [7, 11) is 0. The van der Waals surface area contributed by atoms with Gasteiger partial charge in [-0.2, -0.15) is 0 Å². The zero-order chi connectivity index (χ0) is 13.8. The molecule has 0 aliphatic carbocycles. The lowest BCUT2D eigenvalue weighted by Gasteiger charge is -2.11. The van der Waals surface area contributed by atoms with Crippen molar-refractivity contribution in [2.75, 3.05) is 10.7 Å². The van der Waals surface area contributed by atoms with Crippen molar-refractivity contribution in [2.45, 2.75) is 6.92 Å². The third-order valence-corrected chi connectivity index (χ3v) is 2.70. The summed E-state index contributed by atoms with van der Waals surface area (Å²) in [5.74, 6) is 4.46. The first-order valence-corrected chi connectivity index (χ1v) is 5.75.